The van der Waals surface area contributed by atoms with Gasteiger partial charge in [0.15, 0.2) is 23.0 Å². The zero-order valence-corrected chi connectivity index (χ0v) is 14.6. The number of aliphatic hydroxyl groups excluding tert-OH is 1. The lowest BCUT2D eigenvalue weighted by Gasteiger charge is -2.15. The number of methoxy groups -OCH3 is 4. The average molecular weight is 346 g/mol. The first kappa shape index (κ1) is 18.5. The number of rotatable bonds is 7. The monoisotopic (exact) mass is 346 g/mol. The Morgan fingerprint density at radius 1 is 0.840 bits per heavy atom. The standard InChI is InChI=1S/C19H22O6/c1-22-16-8-6-12(9-15(16)21)5-7-14(20)13-10-17(23-2)19(25-4)18(11-13)24-3/h5-11,14,20-21H,1-4H3. The molecule has 0 aliphatic heterocycles. The van der Waals surface area contributed by atoms with E-state index in [1.54, 1.807) is 42.5 Å². The predicted octanol–water partition coefficient (Wildman–Crippen LogP) is 3.17. The van der Waals surface area contributed by atoms with Gasteiger partial charge >= 0.3 is 0 Å². The molecule has 0 saturated heterocycles. The quantitative estimate of drug-likeness (QED) is 0.802. The largest absolute Gasteiger partial charge is 0.504 e. The number of aliphatic hydroxyl groups is 1. The predicted molar refractivity (Wildman–Crippen MR) is 94.8 cm³/mol. The maximum Gasteiger partial charge on any atom is 0.203 e. The zero-order valence-electron chi connectivity index (χ0n) is 14.6. The first-order valence-corrected chi connectivity index (χ1v) is 7.57. The Labute approximate surface area is 146 Å². The fraction of sp³-hybridized carbons (Fsp3) is 0.263. The van der Waals surface area contributed by atoms with Crippen molar-refractivity contribution in [1.29, 1.82) is 0 Å². The zero-order chi connectivity index (χ0) is 18.4. The van der Waals surface area contributed by atoms with Gasteiger partial charge in [-0.05, 0) is 35.4 Å². The number of hydrogen-bond donors (Lipinski definition) is 2. The molecule has 0 aliphatic carbocycles. The van der Waals surface area contributed by atoms with E-state index < -0.39 is 6.10 Å². The van der Waals surface area contributed by atoms with Crippen molar-refractivity contribution in [3.8, 4) is 28.7 Å². The first-order chi connectivity index (χ1) is 12.0. The van der Waals surface area contributed by atoms with Gasteiger partial charge in [0.1, 0.15) is 0 Å². The van der Waals surface area contributed by atoms with Crippen molar-refractivity contribution in [2.24, 2.45) is 0 Å². The van der Waals surface area contributed by atoms with Crippen LogP contribution in [0.25, 0.3) is 6.08 Å². The summed E-state index contributed by atoms with van der Waals surface area (Å²) in [5, 5.41) is 20.2. The molecule has 2 aromatic carbocycles. The van der Waals surface area contributed by atoms with Crippen LogP contribution < -0.4 is 18.9 Å². The van der Waals surface area contributed by atoms with Crippen LogP contribution in [0.4, 0.5) is 0 Å². The highest BCUT2D eigenvalue weighted by Crippen LogP contribution is 2.40. The summed E-state index contributed by atoms with van der Waals surface area (Å²) >= 11 is 0. The van der Waals surface area contributed by atoms with Crippen molar-refractivity contribution in [3.63, 3.8) is 0 Å². The molecule has 2 aromatic rings. The lowest BCUT2D eigenvalue weighted by atomic mass is 10.1. The third kappa shape index (κ3) is 4.16. The van der Waals surface area contributed by atoms with E-state index >= 15 is 0 Å². The Kier molecular flexibility index (Phi) is 6.14. The van der Waals surface area contributed by atoms with Crippen LogP contribution in [-0.4, -0.2) is 38.7 Å². The topological polar surface area (TPSA) is 77.4 Å². The minimum Gasteiger partial charge on any atom is -0.504 e. The molecule has 1 atom stereocenters. The van der Waals surface area contributed by atoms with E-state index in [4.69, 9.17) is 18.9 Å². The summed E-state index contributed by atoms with van der Waals surface area (Å²) < 4.78 is 20.8. The highest BCUT2D eigenvalue weighted by molar-refractivity contribution is 5.58. The molecular weight excluding hydrogens is 324 g/mol. The van der Waals surface area contributed by atoms with E-state index in [0.717, 1.165) is 5.56 Å². The lowest BCUT2D eigenvalue weighted by Crippen LogP contribution is -1.99. The van der Waals surface area contributed by atoms with Crippen molar-refractivity contribution >= 4 is 6.08 Å². The molecule has 0 heterocycles. The van der Waals surface area contributed by atoms with E-state index in [-0.39, 0.29) is 5.75 Å². The Morgan fingerprint density at radius 3 is 1.92 bits per heavy atom. The van der Waals surface area contributed by atoms with E-state index in [2.05, 4.69) is 0 Å². The van der Waals surface area contributed by atoms with Gasteiger partial charge in [-0.1, -0.05) is 18.2 Å². The van der Waals surface area contributed by atoms with Gasteiger partial charge < -0.3 is 29.2 Å². The second-order valence-electron chi connectivity index (χ2n) is 5.19. The van der Waals surface area contributed by atoms with E-state index in [9.17, 15) is 10.2 Å². The molecule has 0 amide bonds. The van der Waals surface area contributed by atoms with E-state index in [1.165, 1.54) is 28.4 Å². The molecule has 0 aromatic heterocycles. The number of hydrogen-bond acceptors (Lipinski definition) is 6. The number of phenols is 1. The van der Waals surface area contributed by atoms with Crippen molar-refractivity contribution in [1.82, 2.24) is 0 Å². The normalized spacial score (nSPS) is 12.0. The van der Waals surface area contributed by atoms with Gasteiger partial charge in [0.2, 0.25) is 5.75 Å². The second-order valence-corrected chi connectivity index (χ2v) is 5.19. The number of benzene rings is 2. The third-order valence-corrected chi connectivity index (χ3v) is 3.70. The molecule has 2 N–H and O–H groups in total. The number of aromatic hydroxyl groups is 1. The number of ether oxygens (including phenoxy) is 4. The van der Waals surface area contributed by atoms with Crippen molar-refractivity contribution in [2.45, 2.75) is 6.10 Å². The molecule has 2 rings (SSSR count). The molecule has 25 heavy (non-hydrogen) atoms. The third-order valence-electron chi connectivity index (χ3n) is 3.70. The second kappa shape index (κ2) is 8.30. The highest BCUT2D eigenvalue weighted by atomic mass is 16.5. The van der Waals surface area contributed by atoms with Gasteiger partial charge in [-0.2, -0.15) is 0 Å². The fourth-order valence-corrected chi connectivity index (χ4v) is 2.40. The Hall–Kier alpha value is -2.86. The SMILES string of the molecule is COc1ccc(C=CC(O)c2cc(OC)c(OC)c(OC)c2)cc1O. The molecule has 1 unspecified atom stereocenters. The van der Waals surface area contributed by atoms with E-state index in [0.29, 0.717) is 28.6 Å². The first-order valence-electron chi connectivity index (χ1n) is 7.57. The molecule has 0 radical (unpaired) electrons. The van der Waals surface area contributed by atoms with Gasteiger partial charge in [-0.15, -0.1) is 0 Å². The maximum absolute atomic E-state index is 10.4. The Bertz CT molecular complexity index is 729. The number of phenolic OH excluding ortho intramolecular Hbond substituents is 1. The molecular formula is C19H22O6. The molecule has 0 spiro atoms. The molecule has 134 valence electrons. The lowest BCUT2D eigenvalue weighted by molar-refractivity contribution is 0.227. The van der Waals surface area contributed by atoms with Crippen LogP contribution in [0.1, 0.15) is 17.2 Å². The summed E-state index contributed by atoms with van der Waals surface area (Å²) in [4.78, 5) is 0. The van der Waals surface area contributed by atoms with Gasteiger partial charge in [0.05, 0.1) is 34.5 Å². The summed E-state index contributed by atoms with van der Waals surface area (Å²) in [6, 6.07) is 8.35. The average Bonchev–Trinajstić information content (AvgIpc) is 2.64. The van der Waals surface area contributed by atoms with E-state index in [1.807, 2.05) is 0 Å². The fourth-order valence-electron chi connectivity index (χ4n) is 2.40. The van der Waals surface area contributed by atoms with Gasteiger partial charge in [0, 0.05) is 0 Å². The van der Waals surface area contributed by atoms with Crippen molar-refractivity contribution < 1.29 is 29.2 Å². The van der Waals surface area contributed by atoms with Crippen LogP contribution in [0.2, 0.25) is 0 Å². The summed E-state index contributed by atoms with van der Waals surface area (Å²) in [5.41, 5.74) is 1.31. The summed E-state index contributed by atoms with van der Waals surface area (Å²) in [7, 11) is 6.04. The van der Waals surface area contributed by atoms with Crippen LogP contribution in [0.5, 0.6) is 28.7 Å². The van der Waals surface area contributed by atoms with Gasteiger partial charge in [-0.3, -0.25) is 0 Å². The molecule has 0 fully saturated rings. The van der Waals surface area contributed by atoms with Crippen molar-refractivity contribution in [3.05, 3.63) is 47.5 Å². The summed E-state index contributed by atoms with van der Waals surface area (Å²) in [6.07, 6.45) is 2.41. The van der Waals surface area contributed by atoms with Crippen LogP contribution in [0, 0.1) is 0 Å². The molecule has 6 heteroatoms. The molecule has 6 nitrogen and oxygen atoms in total. The maximum atomic E-state index is 10.4. The highest BCUT2D eigenvalue weighted by Gasteiger charge is 2.16. The molecule has 0 bridgehead atoms. The Balaban J connectivity index is 2.28. The van der Waals surface area contributed by atoms with Crippen LogP contribution in [-0.2, 0) is 0 Å². The van der Waals surface area contributed by atoms with Crippen LogP contribution in [0.3, 0.4) is 0 Å². The van der Waals surface area contributed by atoms with Crippen molar-refractivity contribution in [2.75, 3.05) is 28.4 Å². The molecule has 0 aliphatic rings. The molecule has 0 saturated carbocycles. The smallest absolute Gasteiger partial charge is 0.203 e. The summed E-state index contributed by atoms with van der Waals surface area (Å²) in [5.74, 6) is 1.82. The minimum absolute atomic E-state index is 0.0342. The van der Waals surface area contributed by atoms with Gasteiger partial charge in [-0.25, -0.2) is 0 Å². The Morgan fingerprint density at radius 2 is 1.44 bits per heavy atom. The minimum atomic E-state index is -0.891. The van der Waals surface area contributed by atoms with Crippen LogP contribution >= 0.6 is 0 Å². The van der Waals surface area contributed by atoms with Gasteiger partial charge in [0.25, 0.3) is 0 Å². The van der Waals surface area contributed by atoms with Crippen LogP contribution in [0.15, 0.2) is 36.4 Å². The summed E-state index contributed by atoms with van der Waals surface area (Å²) in [6.45, 7) is 0.